The number of rotatable bonds is 7. The van der Waals surface area contributed by atoms with Crippen molar-refractivity contribution in [2.24, 2.45) is 0 Å². The lowest BCUT2D eigenvalue weighted by atomic mass is 10.1. The van der Waals surface area contributed by atoms with Gasteiger partial charge in [0.15, 0.2) is 0 Å². The summed E-state index contributed by atoms with van der Waals surface area (Å²) in [6.07, 6.45) is 1.94. The normalized spacial score (nSPS) is 10.9. The molecule has 0 radical (unpaired) electrons. The van der Waals surface area contributed by atoms with Crippen molar-refractivity contribution in [3.63, 3.8) is 0 Å². The Labute approximate surface area is 168 Å². The van der Waals surface area contributed by atoms with Gasteiger partial charge < -0.3 is 5.32 Å². The van der Waals surface area contributed by atoms with Gasteiger partial charge in [0.1, 0.15) is 11.4 Å². The van der Waals surface area contributed by atoms with Crippen LogP contribution in [0.3, 0.4) is 0 Å². The molecule has 3 aromatic rings. The summed E-state index contributed by atoms with van der Waals surface area (Å²) < 4.78 is 3.45. The van der Waals surface area contributed by atoms with Crippen LogP contribution in [0.5, 0.6) is 0 Å². The number of nitrogens with zero attached hydrogens (tertiary/aromatic N) is 5. The molecule has 152 valence electrons. The van der Waals surface area contributed by atoms with Crippen LogP contribution >= 0.6 is 0 Å². The third-order valence-corrected chi connectivity index (χ3v) is 4.89. The van der Waals surface area contributed by atoms with Gasteiger partial charge in [0.2, 0.25) is 0 Å². The fourth-order valence-corrected chi connectivity index (χ4v) is 3.21. The highest BCUT2D eigenvalue weighted by Crippen LogP contribution is 2.22. The van der Waals surface area contributed by atoms with Crippen LogP contribution in [0.25, 0.3) is 0 Å². The van der Waals surface area contributed by atoms with E-state index < -0.39 is 4.92 Å². The maximum Gasteiger partial charge on any atom is 0.312 e. The summed E-state index contributed by atoms with van der Waals surface area (Å²) in [5, 5.41) is 22.7. The van der Waals surface area contributed by atoms with Crippen LogP contribution in [-0.2, 0) is 19.6 Å². The van der Waals surface area contributed by atoms with Crippen molar-refractivity contribution >= 4 is 11.6 Å². The molecule has 0 saturated carbocycles. The van der Waals surface area contributed by atoms with Crippen LogP contribution in [0.1, 0.15) is 45.5 Å². The van der Waals surface area contributed by atoms with Crippen molar-refractivity contribution in [2.45, 2.75) is 47.3 Å². The fraction of sp³-hybridized carbons (Fsp3) is 0.350. The highest BCUT2D eigenvalue weighted by Gasteiger charge is 2.21. The van der Waals surface area contributed by atoms with E-state index in [1.807, 2.05) is 36.9 Å². The van der Waals surface area contributed by atoms with E-state index in [9.17, 15) is 14.9 Å². The first-order chi connectivity index (χ1) is 13.8. The molecular formula is C20H24N6O3. The van der Waals surface area contributed by atoms with Gasteiger partial charge in [-0.15, -0.1) is 0 Å². The molecule has 1 amide bonds. The Hall–Kier alpha value is -3.49. The number of aromatic nitrogens is 4. The van der Waals surface area contributed by atoms with Crippen molar-refractivity contribution in [1.29, 1.82) is 0 Å². The Bertz CT molecular complexity index is 1050. The van der Waals surface area contributed by atoms with Crippen LogP contribution in [-0.4, -0.2) is 30.4 Å². The number of carbonyl (C=O) groups is 1. The first-order valence-electron chi connectivity index (χ1n) is 9.38. The summed E-state index contributed by atoms with van der Waals surface area (Å²) in [4.78, 5) is 23.1. The number of hydrogen-bond acceptors (Lipinski definition) is 5. The molecule has 29 heavy (non-hydrogen) atoms. The topological polar surface area (TPSA) is 108 Å². The van der Waals surface area contributed by atoms with E-state index in [1.54, 1.807) is 30.7 Å². The Morgan fingerprint density at radius 2 is 1.83 bits per heavy atom. The van der Waals surface area contributed by atoms with E-state index in [1.165, 1.54) is 0 Å². The Kier molecular flexibility index (Phi) is 5.76. The van der Waals surface area contributed by atoms with Crippen molar-refractivity contribution < 1.29 is 9.72 Å². The first-order valence-corrected chi connectivity index (χ1v) is 9.38. The third-order valence-electron chi connectivity index (χ3n) is 4.89. The molecular weight excluding hydrogens is 372 g/mol. The van der Waals surface area contributed by atoms with Gasteiger partial charge in [0.25, 0.3) is 5.91 Å². The molecule has 9 heteroatoms. The SMILES string of the molecule is CCn1cc(CNC(=O)c2ccc(Cn3nc(C)c([N+](=O)[O-])c3C)cc2)c(C)n1. The lowest BCUT2D eigenvalue weighted by Gasteiger charge is -2.07. The van der Waals surface area contributed by atoms with Gasteiger partial charge in [-0.25, -0.2) is 0 Å². The first kappa shape index (κ1) is 20.2. The molecule has 0 aliphatic heterocycles. The van der Waals surface area contributed by atoms with Gasteiger partial charge in [-0.2, -0.15) is 10.2 Å². The smallest absolute Gasteiger partial charge is 0.312 e. The number of aryl methyl sites for hydroxylation is 3. The molecule has 0 unspecified atom stereocenters. The number of amides is 1. The molecule has 2 heterocycles. The van der Waals surface area contributed by atoms with E-state index in [0.29, 0.717) is 30.0 Å². The van der Waals surface area contributed by atoms with Crippen molar-refractivity contribution in [3.05, 3.63) is 74.3 Å². The summed E-state index contributed by atoms with van der Waals surface area (Å²) in [6.45, 7) is 8.85. The highest BCUT2D eigenvalue weighted by atomic mass is 16.6. The van der Waals surface area contributed by atoms with Crippen molar-refractivity contribution in [2.75, 3.05) is 0 Å². The lowest BCUT2D eigenvalue weighted by molar-refractivity contribution is -0.386. The summed E-state index contributed by atoms with van der Waals surface area (Å²) in [5.41, 5.74) is 4.30. The Morgan fingerprint density at radius 3 is 2.38 bits per heavy atom. The molecule has 3 rings (SSSR count). The van der Waals surface area contributed by atoms with Gasteiger partial charge in [-0.1, -0.05) is 12.1 Å². The molecule has 2 aromatic heterocycles. The minimum Gasteiger partial charge on any atom is -0.348 e. The van der Waals surface area contributed by atoms with Gasteiger partial charge in [0.05, 0.1) is 17.2 Å². The zero-order valence-corrected chi connectivity index (χ0v) is 17.0. The van der Waals surface area contributed by atoms with E-state index >= 15 is 0 Å². The van der Waals surface area contributed by atoms with E-state index in [0.717, 1.165) is 23.4 Å². The molecule has 1 N–H and O–H groups in total. The van der Waals surface area contributed by atoms with Gasteiger partial charge in [-0.3, -0.25) is 24.3 Å². The van der Waals surface area contributed by atoms with Crippen molar-refractivity contribution in [3.8, 4) is 0 Å². The minimum absolute atomic E-state index is 0.0442. The number of carbonyl (C=O) groups excluding carboxylic acids is 1. The van der Waals surface area contributed by atoms with E-state index in [2.05, 4.69) is 15.5 Å². The Balaban J connectivity index is 1.65. The largest absolute Gasteiger partial charge is 0.348 e. The molecule has 9 nitrogen and oxygen atoms in total. The molecule has 0 aliphatic rings. The number of nitrogens with one attached hydrogen (secondary N) is 1. The maximum atomic E-state index is 12.4. The summed E-state index contributed by atoms with van der Waals surface area (Å²) in [5.74, 6) is -0.165. The minimum atomic E-state index is -0.409. The molecule has 0 aliphatic carbocycles. The molecule has 0 atom stereocenters. The monoisotopic (exact) mass is 396 g/mol. The highest BCUT2D eigenvalue weighted by molar-refractivity contribution is 5.94. The third kappa shape index (κ3) is 4.34. The predicted octanol–water partition coefficient (Wildman–Crippen LogP) is 2.91. The summed E-state index contributed by atoms with van der Waals surface area (Å²) >= 11 is 0. The Morgan fingerprint density at radius 1 is 1.14 bits per heavy atom. The molecule has 0 fully saturated rings. The zero-order chi connectivity index (χ0) is 21.1. The lowest BCUT2D eigenvalue weighted by Crippen LogP contribution is -2.23. The molecule has 0 saturated heterocycles. The standard InChI is InChI=1S/C20H24N6O3/c1-5-24-12-18(13(2)22-24)10-21-20(27)17-8-6-16(7-9-17)11-25-15(4)19(26(28)29)14(3)23-25/h6-9,12H,5,10-11H2,1-4H3,(H,21,27). The quantitative estimate of drug-likeness (QED) is 0.488. The fourth-order valence-electron chi connectivity index (χ4n) is 3.21. The van der Waals surface area contributed by atoms with Gasteiger partial charge >= 0.3 is 5.69 Å². The second-order valence-electron chi connectivity index (χ2n) is 6.91. The molecule has 1 aromatic carbocycles. The molecule has 0 spiro atoms. The second-order valence-corrected chi connectivity index (χ2v) is 6.91. The maximum absolute atomic E-state index is 12.4. The summed E-state index contributed by atoms with van der Waals surface area (Å²) in [6, 6.07) is 7.15. The van der Waals surface area contributed by atoms with Crippen LogP contribution in [0.2, 0.25) is 0 Å². The van der Waals surface area contributed by atoms with Gasteiger partial charge in [-0.05, 0) is 45.4 Å². The van der Waals surface area contributed by atoms with Gasteiger partial charge in [0, 0.05) is 30.4 Å². The average molecular weight is 396 g/mol. The number of benzene rings is 1. The van der Waals surface area contributed by atoms with E-state index in [4.69, 9.17) is 0 Å². The van der Waals surface area contributed by atoms with Crippen LogP contribution in [0.15, 0.2) is 30.5 Å². The molecule has 0 bridgehead atoms. The zero-order valence-electron chi connectivity index (χ0n) is 17.0. The second kappa shape index (κ2) is 8.26. The predicted molar refractivity (Wildman–Crippen MR) is 108 cm³/mol. The number of hydrogen-bond donors (Lipinski definition) is 1. The average Bonchev–Trinajstić information content (AvgIpc) is 3.18. The van der Waals surface area contributed by atoms with Crippen LogP contribution in [0.4, 0.5) is 5.69 Å². The van der Waals surface area contributed by atoms with E-state index in [-0.39, 0.29) is 11.6 Å². The van der Waals surface area contributed by atoms with Crippen LogP contribution in [0, 0.1) is 30.9 Å². The van der Waals surface area contributed by atoms with Crippen LogP contribution < -0.4 is 5.32 Å². The number of nitro groups is 1. The van der Waals surface area contributed by atoms with Crippen molar-refractivity contribution in [1.82, 2.24) is 24.9 Å². The summed E-state index contributed by atoms with van der Waals surface area (Å²) in [7, 11) is 0.